The quantitative estimate of drug-likeness (QED) is 0.0331. The van der Waals surface area contributed by atoms with Crippen molar-refractivity contribution in [1.82, 2.24) is 60.0 Å². The molecule has 6 aromatic rings. The normalized spacial score (nSPS) is 19.1. The molecule has 18 nitrogen and oxygen atoms in total. The smallest absolute Gasteiger partial charge is 0.305 e. The largest absolute Gasteiger partial charge is 0.508 e. The lowest BCUT2D eigenvalue weighted by Crippen LogP contribution is -2.57. The number of aromatic hydroxyl groups is 2. The van der Waals surface area contributed by atoms with Crippen LogP contribution in [0.3, 0.4) is 0 Å². The number of nitrogens with zero attached hydrogens (tertiary/aromatic N) is 12. The van der Waals surface area contributed by atoms with Gasteiger partial charge in [-0.3, -0.25) is 29.2 Å². The lowest BCUT2D eigenvalue weighted by molar-refractivity contribution is -0.144. The van der Waals surface area contributed by atoms with E-state index >= 15 is 0 Å². The number of aromatic nitrogens is 8. The van der Waals surface area contributed by atoms with E-state index in [1.54, 1.807) is 21.6 Å². The number of benzene rings is 4. The van der Waals surface area contributed by atoms with Crippen LogP contribution in [0.15, 0.2) is 122 Å². The Balaban J connectivity index is 0.000000226. The SMILES string of the molecule is C=CCN1C[C@H](C)N([C@H](c2ccc(-c3nnn(CCCCC(=O)OCC)n3)cc2)c2cccc(O)c2)C[C@H]1C.C=CCN1C[C@H](C)N([C@H](c2ccc(-c3nnnn3CCCCC(=O)OCC)cc2)c2cccc(O)c2)C[C@H]1C. The van der Waals surface area contributed by atoms with Crippen LogP contribution in [-0.2, 0) is 32.2 Å². The molecule has 0 unspecified atom stereocenters. The van der Waals surface area contributed by atoms with E-state index < -0.39 is 0 Å². The molecule has 4 aromatic carbocycles. The Morgan fingerprint density at radius 2 is 1.09 bits per heavy atom. The minimum Gasteiger partial charge on any atom is -0.508 e. The molecule has 18 heteroatoms. The van der Waals surface area contributed by atoms with Gasteiger partial charge in [-0.15, -0.1) is 28.5 Å². The zero-order valence-corrected chi connectivity index (χ0v) is 46.5. The van der Waals surface area contributed by atoms with Crippen molar-refractivity contribution in [2.45, 2.75) is 129 Å². The first-order valence-electron chi connectivity index (χ1n) is 27.7. The van der Waals surface area contributed by atoms with Gasteiger partial charge in [0.15, 0.2) is 5.82 Å². The first kappa shape index (κ1) is 58.6. The molecule has 0 saturated carbocycles. The van der Waals surface area contributed by atoms with Crippen molar-refractivity contribution in [3.63, 3.8) is 0 Å². The molecule has 0 amide bonds. The summed E-state index contributed by atoms with van der Waals surface area (Å²) in [5.41, 5.74) is 6.24. The molecular formula is C60H80N12O6. The summed E-state index contributed by atoms with van der Waals surface area (Å²) in [7, 11) is 0. The van der Waals surface area contributed by atoms with Gasteiger partial charge in [0, 0.05) is 93.9 Å². The summed E-state index contributed by atoms with van der Waals surface area (Å²) in [4.78, 5) is 34.7. The van der Waals surface area contributed by atoms with Crippen molar-refractivity contribution in [3.05, 3.63) is 145 Å². The van der Waals surface area contributed by atoms with Crippen molar-refractivity contribution in [2.75, 3.05) is 52.5 Å². The molecule has 0 bridgehead atoms. The summed E-state index contributed by atoms with van der Waals surface area (Å²) in [6.45, 7) is 28.0. The van der Waals surface area contributed by atoms with Gasteiger partial charge in [-0.2, -0.15) is 4.80 Å². The number of esters is 2. The minimum absolute atomic E-state index is 0.00230. The van der Waals surface area contributed by atoms with Gasteiger partial charge in [0.1, 0.15) is 11.5 Å². The van der Waals surface area contributed by atoms with Crippen LogP contribution in [0.25, 0.3) is 22.8 Å². The molecule has 2 aliphatic heterocycles. The molecule has 78 heavy (non-hydrogen) atoms. The number of piperazine rings is 2. The molecule has 2 aliphatic rings. The number of carbonyl (C=O) groups excluding carboxylic acids is 2. The highest BCUT2D eigenvalue weighted by Crippen LogP contribution is 2.37. The van der Waals surface area contributed by atoms with E-state index in [1.807, 2.05) is 62.4 Å². The third-order valence-electron chi connectivity index (χ3n) is 14.6. The monoisotopic (exact) mass is 1060 g/mol. The molecule has 2 fully saturated rings. The minimum atomic E-state index is -0.170. The average Bonchev–Trinajstić information content (AvgIpc) is 4.14. The average molecular weight is 1070 g/mol. The Labute approximate surface area is 460 Å². The predicted molar refractivity (Wildman–Crippen MR) is 302 cm³/mol. The topological polar surface area (TPSA) is 193 Å². The Morgan fingerprint density at radius 1 is 0.603 bits per heavy atom. The van der Waals surface area contributed by atoms with Crippen LogP contribution in [0.1, 0.15) is 114 Å². The summed E-state index contributed by atoms with van der Waals surface area (Å²) in [6, 6.07) is 33.2. The molecule has 0 spiro atoms. The number of carbonyl (C=O) groups is 2. The highest BCUT2D eigenvalue weighted by molar-refractivity contribution is 5.69. The first-order chi connectivity index (χ1) is 37.8. The third kappa shape index (κ3) is 15.8. The maximum absolute atomic E-state index is 11.6. The summed E-state index contributed by atoms with van der Waals surface area (Å²) >= 11 is 0. The molecule has 416 valence electrons. The van der Waals surface area contributed by atoms with Gasteiger partial charge in [0.05, 0.1) is 31.8 Å². The summed E-state index contributed by atoms with van der Waals surface area (Å²) in [5.74, 6) is 1.46. The van der Waals surface area contributed by atoms with Crippen LogP contribution in [0.5, 0.6) is 11.5 Å². The number of ether oxygens (including phenoxy) is 2. The summed E-state index contributed by atoms with van der Waals surface area (Å²) in [5, 5.41) is 45.9. The Hall–Kier alpha value is -7.12. The maximum atomic E-state index is 11.6. The summed E-state index contributed by atoms with van der Waals surface area (Å²) in [6.07, 6.45) is 7.74. The predicted octanol–water partition coefficient (Wildman–Crippen LogP) is 8.90. The van der Waals surface area contributed by atoms with Crippen molar-refractivity contribution in [3.8, 4) is 34.3 Å². The summed E-state index contributed by atoms with van der Waals surface area (Å²) < 4.78 is 11.8. The zero-order valence-electron chi connectivity index (χ0n) is 46.5. The number of rotatable bonds is 24. The standard InChI is InChI=1S/2C30H40N6O3/c1-5-17-34-20-23(4)35(21-22(34)3)29(26-10-9-11-27(37)19-26)24-13-15-25(16-14-24)30-31-32-33-36(30)18-8-7-12-28(38)39-6-2;1-5-17-34-20-23(4)35(21-22(34)3)29(26-10-9-11-27(37)19-26)24-13-15-25(16-14-24)30-31-33-36(32-30)18-8-7-12-28(38)39-6-2/h2*5,9-11,13-16,19,22-23,29,37H,1,6-8,12,17-18,20-21H2,2-4H3/t2*22-,23+,29-/m11/s1. The Morgan fingerprint density at radius 3 is 1.56 bits per heavy atom. The van der Waals surface area contributed by atoms with Crippen LogP contribution >= 0.6 is 0 Å². The van der Waals surface area contributed by atoms with Gasteiger partial charge < -0.3 is 19.7 Å². The maximum Gasteiger partial charge on any atom is 0.305 e. The van der Waals surface area contributed by atoms with Crippen molar-refractivity contribution in [1.29, 1.82) is 0 Å². The fraction of sp³-hybridized carbons (Fsp3) is 0.467. The van der Waals surface area contributed by atoms with E-state index in [0.29, 0.717) is 75.0 Å². The second-order valence-electron chi connectivity index (χ2n) is 20.5. The van der Waals surface area contributed by atoms with Crippen LogP contribution in [0.2, 0.25) is 0 Å². The van der Waals surface area contributed by atoms with Crippen LogP contribution < -0.4 is 0 Å². The number of phenols is 2. The number of hydrogen-bond donors (Lipinski definition) is 2. The van der Waals surface area contributed by atoms with Gasteiger partial charge >= 0.3 is 11.9 Å². The molecule has 2 aromatic heterocycles. The van der Waals surface area contributed by atoms with Gasteiger partial charge in [-0.05, 0) is 129 Å². The van der Waals surface area contributed by atoms with Gasteiger partial charge in [-0.1, -0.05) is 84.9 Å². The number of hydrogen-bond acceptors (Lipinski definition) is 16. The van der Waals surface area contributed by atoms with E-state index in [2.05, 4.69) is 140 Å². The second kappa shape index (κ2) is 29.0. The van der Waals surface area contributed by atoms with E-state index in [1.165, 1.54) is 0 Å². The highest BCUT2D eigenvalue weighted by atomic mass is 16.5. The second-order valence-corrected chi connectivity index (χ2v) is 20.5. The van der Waals surface area contributed by atoms with Crippen LogP contribution in [-0.4, -0.2) is 159 Å². The van der Waals surface area contributed by atoms with Gasteiger partial charge in [0.2, 0.25) is 5.82 Å². The number of aryl methyl sites for hydroxylation is 2. The van der Waals surface area contributed by atoms with E-state index in [0.717, 1.165) is 98.3 Å². The van der Waals surface area contributed by atoms with Crippen LogP contribution in [0.4, 0.5) is 0 Å². The van der Waals surface area contributed by atoms with Crippen molar-refractivity contribution >= 4 is 11.9 Å². The van der Waals surface area contributed by atoms with Gasteiger partial charge in [-0.25, -0.2) is 4.68 Å². The number of phenolic OH excluding ortho intramolecular Hbond substituents is 2. The molecule has 2 saturated heterocycles. The Kier molecular flexibility index (Phi) is 21.8. The van der Waals surface area contributed by atoms with Crippen LogP contribution in [0, 0.1) is 0 Å². The highest BCUT2D eigenvalue weighted by Gasteiger charge is 2.36. The zero-order chi connectivity index (χ0) is 55.6. The molecule has 2 N–H and O–H groups in total. The molecular weight excluding hydrogens is 985 g/mol. The lowest BCUT2D eigenvalue weighted by atomic mass is 9.92. The molecule has 0 aliphatic carbocycles. The third-order valence-corrected chi connectivity index (χ3v) is 14.6. The Bertz CT molecular complexity index is 2840. The lowest BCUT2D eigenvalue weighted by Gasteiger charge is -2.47. The van der Waals surface area contributed by atoms with E-state index in [9.17, 15) is 19.8 Å². The number of unbranched alkanes of at least 4 members (excludes halogenated alkanes) is 2. The fourth-order valence-electron chi connectivity index (χ4n) is 10.7. The molecule has 8 rings (SSSR count). The van der Waals surface area contributed by atoms with E-state index in [4.69, 9.17) is 9.47 Å². The van der Waals surface area contributed by atoms with E-state index in [-0.39, 0.29) is 35.5 Å². The van der Waals surface area contributed by atoms with Gasteiger partial charge in [0.25, 0.3) is 0 Å². The number of tetrazole rings is 2. The molecule has 4 heterocycles. The fourth-order valence-corrected chi connectivity index (χ4v) is 10.7. The van der Waals surface area contributed by atoms with Crippen molar-refractivity contribution in [2.24, 2.45) is 0 Å². The first-order valence-corrected chi connectivity index (χ1v) is 27.7. The van der Waals surface area contributed by atoms with Crippen molar-refractivity contribution < 1.29 is 29.3 Å². The molecule has 0 radical (unpaired) electrons. The molecule has 6 atom stereocenters.